The Morgan fingerprint density at radius 1 is 1.35 bits per heavy atom. The fraction of sp³-hybridized carbons (Fsp3) is 0.929. The first-order chi connectivity index (χ1) is 8.07. The maximum Gasteiger partial charge on any atom is 0.220 e. The number of hydrogen-bond donors (Lipinski definition) is 2. The Labute approximate surface area is 104 Å². The number of hydrogen-bond acceptors (Lipinski definition) is 2. The van der Waals surface area contributed by atoms with Crippen molar-refractivity contribution in [1.29, 1.82) is 0 Å². The molecule has 2 saturated carbocycles. The summed E-state index contributed by atoms with van der Waals surface area (Å²) in [5, 5.41) is 12.8. The van der Waals surface area contributed by atoms with E-state index in [0.29, 0.717) is 18.9 Å². The van der Waals surface area contributed by atoms with Gasteiger partial charge >= 0.3 is 0 Å². The van der Waals surface area contributed by atoms with E-state index >= 15 is 0 Å². The highest BCUT2D eigenvalue weighted by Gasteiger charge is 2.34. The van der Waals surface area contributed by atoms with Crippen LogP contribution in [0.4, 0.5) is 0 Å². The molecule has 0 aliphatic heterocycles. The Morgan fingerprint density at radius 3 is 2.71 bits per heavy atom. The lowest BCUT2D eigenvalue weighted by Gasteiger charge is -2.36. The van der Waals surface area contributed by atoms with Crippen molar-refractivity contribution in [3.8, 4) is 0 Å². The number of rotatable bonds is 4. The first-order valence-electron chi connectivity index (χ1n) is 7.06. The molecule has 3 heteroatoms. The largest absolute Gasteiger partial charge is 0.388 e. The van der Waals surface area contributed by atoms with E-state index in [-0.39, 0.29) is 5.91 Å². The normalized spacial score (nSPS) is 31.6. The van der Waals surface area contributed by atoms with Crippen LogP contribution in [0.15, 0.2) is 0 Å². The molecular weight excluding hydrogens is 214 g/mol. The summed E-state index contributed by atoms with van der Waals surface area (Å²) in [5.41, 5.74) is -0.588. The molecule has 17 heavy (non-hydrogen) atoms. The lowest BCUT2D eigenvalue weighted by molar-refractivity contribution is -0.124. The van der Waals surface area contributed by atoms with E-state index in [1.807, 2.05) is 0 Å². The molecule has 0 aromatic heterocycles. The molecule has 0 saturated heterocycles. The van der Waals surface area contributed by atoms with E-state index in [1.54, 1.807) is 0 Å². The third-order valence-electron chi connectivity index (χ3n) is 4.42. The molecule has 0 aromatic rings. The van der Waals surface area contributed by atoms with Gasteiger partial charge in [0.25, 0.3) is 0 Å². The van der Waals surface area contributed by atoms with E-state index < -0.39 is 5.60 Å². The van der Waals surface area contributed by atoms with Crippen molar-refractivity contribution in [1.82, 2.24) is 5.32 Å². The van der Waals surface area contributed by atoms with Crippen molar-refractivity contribution >= 4 is 5.91 Å². The lowest BCUT2D eigenvalue weighted by atomic mass is 9.79. The number of carbonyl (C=O) groups excluding carboxylic acids is 1. The summed E-state index contributed by atoms with van der Waals surface area (Å²) in [5.74, 6) is 1.47. The van der Waals surface area contributed by atoms with E-state index in [0.717, 1.165) is 25.2 Å². The van der Waals surface area contributed by atoms with Crippen LogP contribution >= 0.6 is 0 Å². The Kier molecular flexibility index (Phi) is 4.08. The molecule has 2 N–H and O–H groups in total. The van der Waals surface area contributed by atoms with Gasteiger partial charge in [-0.15, -0.1) is 0 Å². The fourth-order valence-corrected chi connectivity index (χ4v) is 3.10. The maximum atomic E-state index is 11.8. The highest BCUT2D eigenvalue weighted by molar-refractivity contribution is 5.76. The fourth-order valence-electron chi connectivity index (χ4n) is 3.10. The van der Waals surface area contributed by atoms with Gasteiger partial charge in [0.1, 0.15) is 0 Å². The van der Waals surface area contributed by atoms with Crippen LogP contribution in [-0.4, -0.2) is 23.2 Å². The van der Waals surface area contributed by atoms with E-state index in [1.165, 1.54) is 25.7 Å². The second kappa shape index (κ2) is 5.38. The molecule has 0 aromatic carbocycles. The Hall–Kier alpha value is -0.570. The first-order valence-corrected chi connectivity index (χ1v) is 7.06. The molecule has 2 aliphatic carbocycles. The zero-order valence-electron chi connectivity index (χ0n) is 10.9. The van der Waals surface area contributed by atoms with Gasteiger partial charge in [0, 0.05) is 13.0 Å². The summed E-state index contributed by atoms with van der Waals surface area (Å²) >= 11 is 0. The molecule has 0 radical (unpaired) electrons. The molecule has 2 fully saturated rings. The minimum absolute atomic E-state index is 0.129. The molecule has 1 amide bonds. The molecule has 2 aliphatic rings. The van der Waals surface area contributed by atoms with Crippen LogP contribution < -0.4 is 5.32 Å². The minimum Gasteiger partial charge on any atom is -0.388 e. The van der Waals surface area contributed by atoms with Gasteiger partial charge in [-0.05, 0) is 43.9 Å². The average Bonchev–Trinajstić information content (AvgIpc) is 2.24. The molecule has 2 unspecified atom stereocenters. The topological polar surface area (TPSA) is 49.3 Å². The molecular formula is C14H25NO2. The number of carbonyl (C=O) groups is 1. The van der Waals surface area contributed by atoms with Crippen LogP contribution in [0, 0.1) is 11.8 Å². The number of aliphatic hydroxyl groups is 1. The van der Waals surface area contributed by atoms with E-state index in [4.69, 9.17) is 0 Å². The monoisotopic (exact) mass is 239 g/mol. The molecule has 2 atom stereocenters. The molecule has 3 nitrogen and oxygen atoms in total. The molecule has 98 valence electrons. The highest BCUT2D eigenvalue weighted by Crippen LogP contribution is 2.32. The Balaban J connectivity index is 1.66. The first kappa shape index (κ1) is 12.9. The van der Waals surface area contributed by atoms with Gasteiger partial charge in [-0.1, -0.05) is 19.8 Å². The molecule has 0 spiro atoms. The maximum absolute atomic E-state index is 11.8. The average molecular weight is 239 g/mol. The van der Waals surface area contributed by atoms with Gasteiger partial charge in [0.2, 0.25) is 5.91 Å². The van der Waals surface area contributed by atoms with Crippen LogP contribution in [0.1, 0.15) is 58.3 Å². The summed E-state index contributed by atoms with van der Waals surface area (Å²) in [6.07, 6.45) is 8.40. The summed E-state index contributed by atoms with van der Waals surface area (Å²) in [7, 11) is 0. The second-order valence-corrected chi connectivity index (χ2v) is 6.20. The third kappa shape index (κ3) is 3.70. The zero-order valence-corrected chi connectivity index (χ0v) is 10.9. The van der Waals surface area contributed by atoms with Crippen LogP contribution in [0.5, 0.6) is 0 Å². The van der Waals surface area contributed by atoms with Gasteiger partial charge in [-0.25, -0.2) is 0 Å². The van der Waals surface area contributed by atoms with Crippen molar-refractivity contribution in [3.05, 3.63) is 0 Å². The van der Waals surface area contributed by atoms with E-state index in [2.05, 4.69) is 12.2 Å². The van der Waals surface area contributed by atoms with Crippen molar-refractivity contribution < 1.29 is 9.90 Å². The predicted octanol–water partition coefficient (Wildman–Crippen LogP) is 2.23. The lowest BCUT2D eigenvalue weighted by Crippen LogP contribution is -2.48. The minimum atomic E-state index is -0.588. The van der Waals surface area contributed by atoms with Crippen LogP contribution in [0.25, 0.3) is 0 Å². The smallest absolute Gasteiger partial charge is 0.220 e. The summed E-state index contributed by atoms with van der Waals surface area (Å²) < 4.78 is 0. The number of nitrogens with one attached hydrogen (secondary N) is 1. The van der Waals surface area contributed by atoms with Gasteiger partial charge in [0.15, 0.2) is 0 Å². The number of amides is 1. The zero-order chi connectivity index (χ0) is 12.3. The molecule has 0 heterocycles. The van der Waals surface area contributed by atoms with Crippen molar-refractivity contribution in [3.63, 3.8) is 0 Å². The molecule has 2 rings (SSSR count). The standard InChI is InChI=1S/C14H25NO2/c1-11-4-2-5-12(8-11)9-13(16)15-10-14(17)6-3-7-14/h11-12,17H,2-10H2,1H3,(H,15,16). The SMILES string of the molecule is CC1CCCC(CC(=O)NCC2(O)CCC2)C1. The third-order valence-corrected chi connectivity index (χ3v) is 4.42. The van der Waals surface area contributed by atoms with Gasteiger partial charge in [-0.3, -0.25) is 4.79 Å². The van der Waals surface area contributed by atoms with Gasteiger partial charge in [0.05, 0.1) is 5.60 Å². The predicted molar refractivity (Wildman–Crippen MR) is 67.5 cm³/mol. The van der Waals surface area contributed by atoms with Crippen LogP contribution in [-0.2, 0) is 4.79 Å². The summed E-state index contributed by atoms with van der Waals surface area (Å²) in [6, 6.07) is 0. The van der Waals surface area contributed by atoms with Crippen molar-refractivity contribution in [2.24, 2.45) is 11.8 Å². The summed E-state index contributed by atoms with van der Waals surface area (Å²) in [6.45, 7) is 2.73. The Morgan fingerprint density at radius 2 is 2.12 bits per heavy atom. The molecule has 0 bridgehead atoms. The van der Waals surface area contributed by atoms with Crippen molar-refractivity contribution in [2.45, 2.75) is 63.9 Å². The quantitative estimate of drug-likeness (QED) is 0.790. The van der Waals surface area contributed by atoms with E-state index in [9.17, 15) is 9.90 Å². The van der Waals surface area contributed by atoms with Crippen LogP contribution in [0.2, 0.25) is 0 Å². The highest BCUT2D eigenvalue weighted by atomic mass is 16.3. The summed E-state index contributed by atoms with van der Waals surface area (Å²) in [4.78, 5) is 11.8. The van der Waals surface area contributed by atoms with Gasteiger partial charge < -0.3 is 10.4 Å². The van der Waals surface area contributed by atoms with Gasteiger partial charge in [-0.2, -0.15) is 0 Å². The Bertz CT molecular complexity index is 273. The van der Waals surface area contributed by atoms with Crippen molar-refractivity contribution in [2.75, 3.05) is 6.54 Å². The van der Waals surface area contributed by atoms with Crippen LogP contribution in [0.3, 0.4) is 0 Å². The second-order valence-electron chi connectivity index (χ2n) is 6.20.